The molecule has 3 aromatic rings. The topological polar surface area (TPSA) is 76.1 Å². The van der Waals surface area contributed by atoms with Crippen molar-refractivity contribution >= 4 is 23.1 Å². The predicted octanol–water partition coefficient (Wildman–Crippen LogP) is 5.11. The molecule has 1 fully saturated rings. The minimum Gasteiger partial charge on any atom is -0.507 e. The Bertz CT molecular complexity index is 1170. The molecular formula is C27H25NO5. The molecule has 0 radical (unpaired) electrons. The minimum absolute atomic E-state index is 0.0456. The van der Waals surface area contributed by atoms with Crippen LogP contribution in [0, 0.1) is 0 Å². The van der Waals surface area contributed by atoms with Gasteiger partial charge in [0.15, 0.2) is 0 Å². The molecule has 1 atom stereocenters. The normalized spacial score (nSPS) is 17.3. The van der Waals surface area contributed by atoms with E-state index in [-0.39, 0.29) is 11.3 Å². The second-order valence-electron chi connectivity index (χ2n) is 7.65. The number of hydrogen-bond acceptors (Lipinski definition) is 5. The van der Waals surface area contributed by atoms with Gasteiger partial charge >= 0.3 is 0 Å². The Labute approximate surface area is 192 Å². The lowest BCUT2D eigenvalue weighted by atomic mass is 9.95. The summed E-state index contributed by atoms with van der Waals surface area (Å²) >= 11 is 0. The van der Waals surface area contributed by atoms with Gasteiger partial charge in [-0.25, -0.2) is 0 Å². The van der Waals surface area contributed by atoms with Crippen molar-refractivity contribution in [3.05, 3.63) is 95.6 Å². The van der Waals surface area contributed by atoms with Crippen LogP contribution in [0.5, 0.6) is 11.5 Å². The van der Waals surface area contributed by atoms with Crippen LogP contribution in [0.4, 0.5) is 5.69 Å². The lowest BCUT2D eigenvalue weighted by molar-refractivity contribution is -0.132. The highest BCUT2D eigenvalue weighted by molar-refractivity contribution is 6.51. The van der Waals surface area contributed by atoms with Crippen molar-refractivity contribution in [2.75, 3.05) is 18.6 Å². The second kappa shape index (κ2) is 9.61. The largest absolute Gasteiger partial charge is 0.507 e. The van der Waals surface area contributed by atoms with Gasteiger partial charge in [0.05, 0.1) is 25.3 Å². The zero-order chi connectivity index (χ0) is 23.4. The monoisotopic (exact) mass is 443 g/mol. The first-order chi connectivity index (χ1) is 16.0. The van der Waals surface area contributed by atoms with Crippen LogP contribution in [-0.4, -0.2) is 30.5 Å². The maximum absolute atomic E-state index is 13.2. The molecule has 0 spiro atoms. The molecule has 1 unspecified atom stereocenters. The van der Waals surface area contributed by atoms with Crippen LogP contribution in [0.15, 0.2) is 84.4 Å². The number of ether oxygens (including phenoxy) is 2. The Hall–Kier alpha value is -4.06. The molecule has 0 aromatic heterocycles. The highest BCUT2D eigenvalue weighted by Gasteiger charge is 2.46. The van der Waals surface area contributed by atoms with E-state index in [9.17, 15) is 14.7 Å². The Kier molecular flexibility index (Phi) is 6.45. The number of carbonyl (C=O) groups is 2. The Morgan fingerprint density at radius 1 is 0.909 bits per heavy atom. The fourth-order valence-corrected chi connectivity index (χ4v) is 3.87. The molecular weight excluding hydrogens is 418 g/mol. The van der Waals surface area contributed by atoms with Gasteiger partial charge in [0, 0.05) is 11.3 Å². The van der Waals surface area contributed by atoms with E-state index in [1.807, 2.05) is 37.3 Å². The van der Waals surface area contributed by atoms with Gasteiger partial charge in [-0.2, -0.15) is 0 Å². The molecule has 1 N–H and O–H groups in total. The first kappa shape index (κ1) is 22.1. The fraction of sp³-hybridized carbons (Fsp3) is 0.185. The second-order valence-corrected chi connectivity index (χ2v) is 7.65. The number of Topliss-reactive ketones (excluding diaryl/α,β-unsaturated/α-hetero) is 1. The van der Waals surface area contributed by atoms with Gasteiger partial charge in [-0.3, -0.25) is 14.5 Å². The van der Waals surface area contributed by atoms with Crippen molar-refractivity contribution in [3.8, 4) is 11.5 Å². The molecule has 6 nitrogen and oxygen atoms in total. The van der Waals surface area contributed by atoms with Crippen LogP contribution < -0.4 is 14.4 Å². The maximum atomic E-state index is 13.2. The molecule has 1 amide bonds. The third-order valence-electron chi connectivity index (χ3n) is 5.51. The number of carbonyl (C=O) groups excluding carboxylic acids is 2. The van der Waals surface area contributed by atoms with Gasteiger partial charge < -0.3 is 14.6 Å². The van der Waals surface area contributed by atoms with E-state index in [0.29, 0.717) is 34.9 Å². The number of anilines is 1. The summed E-state index contributed by atoms with van der Waals surface area (Å²) in [6.07, 6.45) is 0.885. The number of benzene rings is 3. The molecule has 6 heteroatoms. The molecule has 1 saturated heterocycles. The molecule has 168 valence electrons. The van der Waals surface area contributed by atoms with Crippen molar-refractivity contribution in [2.24, 2.45) is 0 Å². The van der Waals surface area contributed by atoms with E-state index in [4.69, 9.17) is 9.47 Å². The van der Waals surface area contributed by atoms with Gasteiger partial charge in [-0.15, -0.1) is 0 Å². The van der Waals surface area contributed by atoms with Crippen LogP contribution >= 0.6 is 0 Å². The van der Waals surface area contributed by atoms with E-state index in [1.54, 1.807) is 55.6 Å². The molecule has 1 heterocycles. The molecule has 0 saturated carbocycles. The smallest absolute Gasteiger partial charge is 0.300 e. The molecule has 1 aliphatic heterocycles. The Balaban J connectivity index is 1.85. The molecule has 1 aliphatic rings. The van der Waals surface area contributed by atoms with Gasteiger partial charge in [0.1, 0.15) is 17.3 Å². The van der Waals surface area contributed by atoms with Crippen molar-refractivity contribution in [1.29, 1.82) is 0 Å². The number of aliphatic hydroxyl groups excluding tert-OH is 1. The lowest BCUT2D eigenvalue weighted by Gasteiger charge is -2.25. The summed E-state index contributed by atoms with van der Waals surface area (Å²) in [4.78, 5) is 27.7. The number of rotatable bonds is 7. The quantitative estimate of drug-likeness (QED) is 0.312. The van der Waals surface area contributed by atoms with Crippen molar-refractivity contribution in [2.45, 2.75) is 19.4 Å². The van der Waals surface area contributed by atoms with Crippen molar-refractivity contribution in [1.82, 2.24) is 0 Å². The van der Waals surface area contributed by atoms with Crippen molar-refractivity contribution < 1.29 is 24.2 Å². The SMILES string of the molecule is CCCOc1ccc(C2/C(=C(\O)c3ccccc3)C(=O)C(=O)N2c2ccc(OC)cc2)cc1. The van der Waals surface area contributed by atoms with Crippen LogP contribution in [0.1, 0.15) is 30.5 Å². The van der Waals surface area contributed by atoms with E-state index in [2.05, 4.69) is 0 Å². The van der Waals surface area contributed by atoms with Crippen LogP contribution in [0.2, 0.25) is 0 Å². The van der Waals surface area contributed by atoms with Gasteiger partial charge in [0.25, 0.3) is 11.7 Å². The summed E-state index contributed by atoms with van der Waals surface area (Å²) < 4.78 is 10.9. The molecule has 3 aromatic carbocycles. The van der Waals surface area contributed by atoms with Crippen LogP contribution in [0.3, 0.4) is 0 Å². The van der Waals surface area contributed by atoms with Crippen molar-refractivity contribution in [3.63, 3.8) is 0 Å². The third kappa shape index (κ3) is 4.32. The number of aliphatic hydroxyl groups is 1. The zero-order valence-electron chi connectivity index (χ0n) is 18.5. The molecule has 0 bridgehead atoms. The fourth-order valence-electron chi connectivity index (χ4n) is 3.87. The highest BCUT2D eigenvalue weighted by Crippen LogP contribution is 2.42. The maximum Gasteiger partial charge on any atom is 0.300 e. The van der Waals surface area contributed by atoms with E-state index >= 15 is 0 Å². The number of ketones is 1. The van der Waals surface area contributed by atoms with Gasteiger partial charge in [-0.05, 0) is 48.4 Å². The number of nitrogens with zero attached hydrogens (tertiary/aromatic N) is 1. The molecule has 33 heavy (non-hydrogen) atoms. The predicted molar refractivity (Wildman–Crippen MR) is 126 cm³/mol. The molecule has 0 aliphatic carbocycles. The zero-order valence-corrected chi connectivity index (χ0v) is 18.5. The summed E-state index contributed by atoms with van der Waals surface area (Å²) in [6.45, 7) is 2.62. The first-order valence-electron chi connectivity index (χ1n) is 10.8. The molecule has 4 rings (SSSR count). The summed E-state index contributed by atoms with van der Waals surface area (Å²) in [7, 11) is 1.56. The number of amides is 1. The Morgan fingerprint density at radius 3 is 2.15 bits per heavy atom. The van der Waals surface area contributed by atoms with Gasteiger partial charge in [0.2, 0.25) is 0 Å². The third-order valence-corrected chi connectivity index (χ3v) is 5.51. The minimum atomic E-state index is -0.793. The Morgan fingerprint density at radius 2 is 1.55 bits per heavy atom. The van der Waals surface area contributed by atoms with Crippen LogP contribution in [0.25, 0.3) is 5.76 Å². The average molecular weight is 443 g/mol. The summed E-state index contributed by atoms with van der Waals surface area (Å²) in [5.41, 5.74) is 1.73. The number of methoxy groups -OCH3 is 1. The number of hydrogen-bond donors (Lipinski definition) is 1. The summed E-state index contributed by atoms with van der Waals surface area (Å²) in [5, 5.41) is 11.1. The van der Waals surface area contributed by atoms with E-state index in [1.165, 1.54) is 4.90 Å². The standard InChI is InChI=1S/C27H25NO5/c1-3-17-33-22-13-9-18(10-14-22)24-23(25(29)19-7-5-4-6-8-19)26(30)27(31)28(24)20-11-15-21(32-2)16-12-20/h4-16,24,29H,3,17H2,1-2H3/b25-23+. The van der Waals surface area contributed by atoms with E-state index in [0.717, 1.165) is 6.42 Å². The van der Waals surface area contributed by atoms with Crippen LogP contribution in [-0.2, 0) is 9.59 Å². The highest BCUT2D eigenvalue weighted by atomic mass is 16.5. The first-order valence-corrected chi connectivity index (χ1v) is 10.8. The van der Waals surface area contributed by atoms with Gasteiger partial charge in [-0.1, -0.05) is 49.4 Å². The van der Waals surface area contributed by atoms with E-state index < -0.39 is 17.7 Å². The summed E-state index contributed by atoms with van der Waals surface area (Å²) in [5.74, 6) is -0.308. The lowest BCUT2D eigenvalue weighted by Crippen LogP contribution is -2.29. The average Bonchev–Trinajstić information content (AvgIpc) is 3.13. The summed E-state index contributed by atoms with van der Waals surface area (Å²) in [6, 6.07) is 22.1.